The molecular formula is C11H12N2OS. The maximum Gasteiger partial charge on any atom is 0.153 e. The Labute approximate surface area is 91.9 Å². The lowest BCUT2D eigenvalue weighted by Crippen LogP contribution is -2.18. The lowest BCUT2D eigenvalue weighted by Gasteiger charge is -2.00. The normalized spacial score (nSPS) is 18.0. The number of hydrogen-bond acceptors (Lipinski definition) is 4. The maximum absolute atomic E-state index is 6.08. The molecule has 2 aromatic rings. The van der Waals surface area contributed by atoms with Crippen LogP contribution in [0, 0.1) is 6.92 Å². The standard InChI is InChI=1S/C11H12N2OS/c1-7-2-3-9(14-7)8-6-15-10(13-8)11(12)4-5-11/h2-3,6H,4-5,12H2,1H3. The summed E-state index contributed by atoms with van der Waals surface area (Å²) in [6.45, 7) is 1.93. The van der Waals surface area contributed by atoms with Gasteiger partial charge in [0, 0.05) is 5.38 Å². The topological polar surface area (TPSA) is 52.0 Å². The molecule has 0 bridgehead atoms. The van der Waals surface area contributed by atoms with Gasteiger partial charge >= 0.3 is 0 Å². The third-order valence-corrected chi connectivity index (χ3v) is 3.77. The Morgan fingerprint density at radius 1 is 1.47 bits per heavy atom. The molecule has 4 heteroatoms. The summed E-state index contributed by atoms with van der Waals surface area (Å²) in [5, 5.41) is 3.05. The first-order valence-electron chi connectivity index (χ1n) is 4.99. The fourth-order valence-electron chi connectivity index (χ4n) is 1.54. The fourth-order valence-corrected chi connectivity index (χ4v) is 2.52. The predicted octanol–water partition coefficient (Wildman–Crippen LogP) is 2.66. The van der Waals surface area contributed by atoms with Crippen LogP contribution in [-0.2, 0) is 5.54 Å². The number of thiazole rings is 1. The van der Waals surface area contributed by atoms with Crippen molar-refractivity contribution >= 4 is 11.3 Å². The fraction of sp³-hybridized carbons (Fsp3) is 0.364. The predicted molar refractivity (Wildman–Crippen MR) is 59.7 cm³/mol. The Kier molecular flexibility index (Phi) is 1.78. The van der Waals surface area contributed by atoms with Crippen molar-refractivity contribution in [1.82, 2.24) is 4.98 Å². The second-order valence-corrected chi connectivity index (χ2v) is 4.96. The molecule has 0 unspecified atom stereocenters. The summed E-state index contributed by atoms with van der Waals surface area (Å²) in [7, 11) is 0. The van der Waals surface area contributed by atoms with Crippen LogP contribution in [-0.4, -0.2) is 4.98 Å². The highest BCUT2D eigenvalue weighted by atomic mass is 32.1. The van der Waals surface area contributed by atoms with Crippen LogP contribution in [0.15, 0.2) is 21.9 Å². The van der Waals surface area contributed by atoms with Gasteiger partial charge in [-0.2, -0.15) is 0 Å². The van der Waals surface area contributed by atoms with E-state index < -0.39 is 0 Å². The molecule has 3 nitrogen and oxygen atoms in total. The zero-order valence-corrected chi connectivity index (χ0v) is 9.30. The molecule has 0 aliphatic heterocycles. The molecule has 1 aliphatic rings. The van der Waals surface area contributed by atoms with E-state index in [0.29, 0.717) is 0 Å². The molecule has 1 saturated carbocycles. The quantitative estimate of drug-likeness (QED) is 0.846. The van der Waals surface area contributed by atoms with E-state index in [2.05, 4.69) is 4.98 Å². The van der Waals surface area contributed by atoms with E-state index in [1.54, 1.807) is 11.3 Å². The van der Waals surface area contributed by atoms with Crippen molar-refractivity contribution in [2.75, 3.05) is 0 Å². The smallest absolute Gasteiger partial charge is 0.153 e. The average molecular weight is 220 g/mol. The van der Waals surface area contributed by atoms with Crippen molar-refractivity contribution in [2.24, 2.45) is 5.73 Å². The van der Waals surface area contributed by atoms with Crippen molar-refractivity contribution in [2.45, 2.75) is 25.3 Å². The molecule has 0 amide bonds. The van der Waals surface area contributed by atoms with Crippen molar-refractivity contribution in [3.63, 3.8) is 0 Å². The molecule has 3 rings (SSSR count). The van der Waals surface area contributed by atoms with Gasteiger partial charge in [0.25, 0.3) is 0 Å². The van der Waals surface area contributed by atoms with Gasteiger partial charge in [-0.1, -0.05) is 0 Å². The van der Waals surface area contributed by atoms with Crippen LogP contribution < -0.4 is 5.73 Å². The van der Waals surface area contributed by atoms with E-state index in [1.807, 2.05) is 24.4 Å². The molecule has 0 aromatic carbocycles. The highest BCUT2D eigenvalue weighted by Crippen LogP contribution is 2.44. The Hall–Kier alpha value is -1.13. The zero-order valence-electron chi connectivity index (χ0n) is 8.49. The van der Waals surface area contributed by atoms with Crippen molar-refractivity contribution in [3.8, 4) is 11.5 Å². The highest BCUT2D eigenvalue weighted by Gasteiger charge is 2.42. The van der Waals surface area contributed by atoms with E-state index in [0.717, 1.165) is 35.1 Å². The van der Waals surface area contributed by atoms with Crippen LogP contribution in [0.5, 0.6) is 0 Å². The second kappa shape index (κ2) is 2.93. The minimum atomic E-state index is -0.134. The summed E-state index contributed by atoms with van der Waals surface area (Å²) < 4.78 is 5.52. The third kappa shape index (κ3) is 1.50. The van der Waals surface area contributed by atoms with Gasteiger partial charge < -0.3 is 10.2 Å². The van der Waals surface area contributed by atoms with Crippen LogP contribution in [0.4, 0.5) is 0 Å². The van der Waals surface area contributed by atoms with Gasteiger partial charge in [0.2, 0.25) is 0 Å². The minimum Gasteiger partial charge on any atom is -0.460 e. The molecule has 2 heterocycles. The first kappa shape index (κ1) is 9.12. The van der Waals surface area contributed by atoms with Crippen LogP contribution in [0.3, 0.4) is 0 Å². The first-order chi connectivity index (χ1) is 7.17. The number of nitrogens with two attached hydrogens (primary N) is 1. The summed E-state index contributed by atoms with van der Waals surface area (Å²) in [6.07, 6.45) is 2.11. The molecular weight excluding hydrogens is 208 g/mol. The summed E-state index contributed by atoms with van der Waals surface area (Å²) in [5.41, 5.74) is 6.85. The first-order valence-corrected chi connectivity index (χ1v) is 5.87. The maximum atomic E-state index is 6.08. The molecule has 0 radical (unpaired) electrons. The SMILES string of the molecule is Cc1ccc(-c2csc(C3(N)CC3)n2)o1. The Morgan fingerprint density at radius 2 is 2.27 bits per heavy atom. The van der Waals surface area contributed by atoms with E-state index in [1.165, 1.54) is 0 Å². The molecule has 1 aliphatic carbocycles. The van der Waals surface area contributed by atoms with Crippen molar-refractivity contribution in [3.05, 3.63) is 28.3 Å². The zero-order chi connectivity index (χ0) is 10.5. The summed E-state index contributed by atoms with van der Waals surface area (Å²) in [5.74, 6) is 1.74. The Morgan fingerprint density at radius 3 is 2.87 bits per heavy atom. The molecule has 0 saturated heterocycles. The van der Waals surface area contributed by atoms with E-state index in [-0.39, 0.29) is 5.54 Å². The van der Waals surface area contributed by atoms with Crippen LogP contribution in [0.25, 0.3) is 11.5 Å². The van der Waals surface area contributed by atoms with E-state index >= 15 is 0 Å². The minimum absolute atomic E-state index is 0.134. The van der Waals surface area contributed by atoms with Gasteiger partial charge in [0.15, 0.2) is 5.76 Å². The molecule has 15 heavy (non-hydrogen) atoms. The number of aromatic nitrogens is 1. The summed E-state index contributed by atoms with van der Waals surface area (Å²) in [6, 6.07) is 3.90. The molecule has 2 N–H and O–H groups in total. The number of aryl methyl sites for hydroxylation is 1. The monoisotopic (exact) mass is 220 g/mol. The number of nitrogens with zero attached hydrogens (tertiary/aromatic N) is 1. The van der Waals surface area contributed by atoms with Gasteiger partial charge in [0.05, 0.1) is 5.54 Å². The summed E-state index contributed by atoms with van der Waals surface area (Å²) >= 11 is 1.63. The van der Waals surface area contributed by atoms with Crippen molar-refractivity contribution < 1.29 is 4.42 Å². The lowest BCUT2D eigenvalue weighted by atomic mass is 10.3. The lowest BCUT2D eigenvalue weighted by molar-refractivity contribution is 0.546. The molecule has 78 valence electrons. The van der Waals surface area contributed by atoms with Crippen LogP contribution >= 0.6 is 11.3 Å². The number of rotatable bonds is 2. The van der Waals surface area contributed by atoms with Gasteiger partial charge in [-0.25, -0.2) is 4.98 Å². The summed E-state index contributed by atoms with van der Waals surface area (Å²) in [4.78, 5) is 4.53. The van der Waals surface area contributed by atoms with Crippen LogP contribution in [0.1, 0.15) is 23.6 Å². The molecule has 0 spiro atoms. The van der Waals surface area contributed by atoms with E-state index in [9.17, 15) is 0 Å². The van der Waals surface area contributed by atoms with Gasteiger partial charge in [-0.3, -0.25) is 0 Å². The second-order valence-electron chi connectivity index (χ2n) is 4.10. The largest absolute Gasteiger partial charge is 0.460 e. The van der Waals surface area contributed by atoms with Crippen molar-refractivity contribution in [1.29, 1.82) is 0 Å². The molecule has 1 fully saturated rings. The molecule has 2 aromatic heterocycles. The third-order valence-electron chi connectivity index (χ3n) is 2.71. The van der Waals surface area contributed by atoms with Gasteiger partial charge in [-0.15, -0.1) is 11.3 Å². The van der Waals surface area contributed by atoms with Gasteiger partial charge in [0.1, 0.15) is 16.5 Å². The number of furan rings is 1. The number of hydrogen-bond donors (Lipinski definition) is 1. The van der Waals surface area contributed by atoms with Gasteiger partial charge in [-0.05, 0) is 31.9 Å². The highest BCUT2D eigenvalue weighted by molar-refractivity contribution is 7.10. The van der Waals surface area contributed by atoms with E-state index in [4.69, 9.17) is 10.2 Å². The Balaban J connectivity index is 1.97. The average Bonchev–Trinajstić information content (AvgIpc) is 2.72. The Bertz CT molecular complexity index is 496. The molecule has 0 atom stereocenters. The van der Waals surface area contributed by atoms with Crippen LogP contribution in [0.2, 0.25) is 0 Å².